The molecule has 1 N–H and O–H groups in total. The minimum absolute atomic E-state index is 0.0212. The summed E-state index contributed by atoms with van der Waals surface area (Å²) >= 11 is 0. The molecule has 3 rings (SSSR count). The third-order valence-electron chi connectivity index (χ3n) is 4.39. The van der Waals surface area contributed by atoms with Gasteiger partial charge in [0.25, 0.3) is 11.6 Å². The number of amides is 1. The lowest BCUT2D eigenvalue weighted by molar-refractivity contribution is -0.385. The van der Waals surface area contributed by atoms with E-state index >= 15 is 0 Å². The Hall–Kier alpha value is -4.01. The largest absolute Gasteiger partial charge is 0.494 e. The molecule has 0 unspecified atom stereocenters. The van der Waals surface area contributed by atoms with E-state index in [1.165, 1.54) is 18.2 Å². The zero-order valence-corrected chi connectivity index (χ0v) is 17.2. The summed E-state index contributed by atoms with van der Waals surface area (Å²) in [6.45, 7) is 4.58. The summed E-state index contributed by atoms with van der Waals surface area (Å²) in [7, 11) is 0. The van der Waals surface area contributed by atoms with Crippen molar-refractivity contribution < 1.29 is 19.2 Å². The van der Waals surface area contributed by atoms with E-state index in [4.69, 9.17) is 9.47 Å². The van der Waals surface area contributed by atoms with Crippen LogP contribution in [0.15, 0.2) is 54.6 Å². The Bertz CT molecular complexity index is 1050. The first-order chi connectivity index (χ1) is 15.0. The molecule has 3 aromatic rings. The van der Waals surface area contributed by atoms with Gasteiger partial charge in [0, 0.05) is 28.8 Å². The first-order valence-corrected chi connectivity index (χ1v) is 9.71. The van der Waals surface area contributed by atoms with E-state index in [2.05, 4.69) is 15.5 Å². The molecule has 0 saturated heterocycles. The summed E-state index contributed by atoms with van der Waals surface area (Å²) in [6.07, 6.45) is 0. The van der Waals surface area contributed by atoms with Crippen LogP contribution in [0, 0.1) is 17.0 Å². The maximum Gasteiger partial charge on any atom is 0.272 e. The van der Waals surface area contributed by atoms with Crippen LogP contribution < -0.4 is 14.8 Å². The fraction of sp³-hybridized carbons (Fsp3) is 0.227. The van der Waals surface area contributed by atoms with Crippen LogP contribution in [0.1, 0.15) is 22.8 Å². The van der Waals surface area contributed by atoms with E-state index in [-0.39, 0.29) is 24.7 Å². The molecule has 0 spiro atoms. The molecule has 2 aromatic carbocycles. The average molecular weight is 422 g/mol. The molecular formula is C22H22N4O5. The van der Waals surface area contributed by atoms with Crippen molar-refractivity contribution in [3.63, 3.8) is 0 Å². The molecule has 9 heteroatoms. The van der Waals surface area contributed by atoms with Gasteiger partial charge in [0.2, 0.25) is 5.88 Å². The number of ether oxygens (including phenoxy) is 2. The number of hydrogen-bond donors (Lipinski definition) is 1. The number of benzene rings is 2. The van der Waals surface area contributed by atoms with E-state index in [0.29, 0.717) is 29.3 Å². The first-order valence-electron chi connectivity index (χ1n) is 9.71. The number of nitro benzene ring substituents is 1. The lowest BCUT2D eigenvalue weighted by Crippen LogP contribution is -2.28. The van der Waals surface area contributed by atoms with E-state index in [9.17, 15) is 14.9 Å². The van der Waals surface area contributed by atoms with Gasteiger partial charge in [0.15, 0.2) is 0 Å². The van der Waals surface area contributed by atoms with Crippen molar-refractivity contribution in [2.75, 3.05) is 19.8 Å². The Kier molecular flexibility index (Phi) is 7.10. The lowest BCUT2D eigenvalue weighted by Gasteiger charge is -2.08. The second kappa shape index (κ2) is 10.1. The van der Waals surface area contributed by atoms with Crippen molar-refractivity contribution in [2.24, 2.45) is 0 Å². The Balaban J connectivity index is 1.48. The van der Waals surface area contributed by atoms with Crippen LogP contribution in [-0.4, -0.2) is 40.8 Å². The molecule has 160 valence electrons. The highest BCUT2D eigenvalue weighted by atomic mass is 16.6. The van der Waals surface area contributed by atoms with Crippen LogP contribution in [0.5, 0.6) is 11.6 Å². The van der Waals surface area contributed by atoms with E-state index in [1.807, 2.05) is 31.2 Å². The molecule has 0 aliphatic rings. The fourth-order valence-electron chi connectivity index (χ4n) is 2.86. The Morgan fingerprint density at radius 2 is 1.84 bits per heavy atom. The number of carbonyl (C=O) groups excluding carboxylic acids is 1. The summed E-state index contributed by atoms with van der Waals surface area (Å²) in [4.78, 5) is 22.6. The van der Waals surface area contributed by atoms with Crippen molar-refractivity contribution in [3.05, 3.63) is 75.8 Å². The number of carbonyl (C=O) groups is 1. The number of nitrogens with one attached hydrogen (secondary N) is 1. The van der Waals surface area contributed by atoms with Crippen molar-refractivity contribution in [3.8, 4) is 22.9 Å². The van der Waals surface area contributed by atoms with Gasteiger partial charge in [-0.2, -0.15) is 0 Å². The highest BCUT2D eigenvalue weighted by Crippen LogP contribution is 2.21. The van der Waals surface area contributed by atoms with Gasteiger partial charge in [-0.05, 0) is 56.3 Å². The smallest absolute Gasteiger partial charge is 0.272 e. The summed E-state index contributed by atoms with van der Waals surface area (Å²) in [6, 6.07) is 15.3. The fourth-order valence-corrected chi connectivity index (χ4v) is 2.86. The number of aromatic nitrogens is 2. The number of aryl methyl sites for hydroxylation is 1. The van der Waals surface area contributed by atoms with Crippen LogP contribution >= 0.6 is 0 Å². The van der Waals surface area contributed by atoms with E-state index in [0.717, 1.165) is 11.3 Å². The molecule has 1 heterocycles. The molecule has 0 aliphatic carbocycles. The van der Waals surface area contributed by atoms with Gasteiger partial charge in [-0.25, -0.2) is 0 Å². The number of rotatable bonds is 9. The first kappa shape index (κ1) is 21.7. The van der Waals surface area contributed by atoms with Gasteiger partial charge in [0.05, 0.1) is 23.8 Å². The molecule has 0 bridgehead atoms. The summed E-state index contributed by atoms with van der Waals surface area (Å²) < 4.78 is 10.9. The van der Waals surface area contributed by atoms with Crippen LogP contribution in [0.25, 0.3) is 11.3 Å². The second-order valence-corrected chi connectivity index (χ2v) is 6.58. The van der Waals surface area contributed by atoms with Gasteiger partial charge in [-0.15, -0.1) is 10.2 Å². The lowest BCUT2D eigenvalue weighted by atomic mass is 10.1. The minimum atomic E-state index is -0.479. The van der Waals surface area contributed by atoms with Gasteiger partial charge >= 0.3 is 0 Å². The van der Waals surface area contributed by atoms with E-state index in [1.54, 1.807) is 19.1 Å². The minimum Gasteiger partial charge on any atom is -0.494 e. The number of nitro groups is 1. The van der Waals surface area contributed by atoms with Crippen LogP contribution in [0.2, 0.25) is 0 Å². The SMILES string of the molecule is CCOc1ccc(-c2ccc(OCCNC(=O)c3ccc([N+](=O)[O-])c(C)c3)nn2)cc1. The molecule has 0 radical (unpaired) electrons. The molecule has 0 fully saturated rings. The van der Waals surface area contributed by atoms with Crippen LogP contribution in [-0.2, 0) is 0 Å². The van der Waals surface area contributed by atoms with Gasteiger partial charge in [-0.1, -0.05) is 0 Å². The molecule has 1 amide bonds. The molecular weight excluding hydrogens is 400 g/mol. The van der Waals surface area contributed by atoms with Gasteiger partial charge in [-0.3, -0.25) is 14.9 Å². The average Bonchev–Trinajstić information content (AvgIpc) is 2.77. The molecule has 9 nitrogen and oxygen atoms in total. The zero-order chi connectivity index (χ0) is 22.2. The van der Waals surface area contributed by atoms with Crippen molar-refractivity contribution >= 4 is 11.6 Å². The van der Waals surface area contributed by atoms with Crippen LogP contribution in [0.3, 0.4) is 0 Å². The monoisotopic (exact) mass is 422 g/mol. The van der Waals surface area contributed by atoms with Gasteiger partial charge in [0.1, 0.15) is 12.4 Å². The summed E-state index contributed by atoms with van der Waals surface area (Å²) in [5.74, 6) is 0.804. The molecule has 1 aromatic heterocycles. The molecule has 0 atom stereocenters. The predicted octanol–water partition coefficient (Wildman–Crippen LogP) is 3.57. The molecule has 0 saturated carbocycles. The van der Waals surface area contributed by atoms with Crippen molar-refractivity contribution in [2.45, 2.75) is 13.8 Å². The zero-order valence-electron chi connectivity index (χ0n) is 17.2. The van der Waals surface area contributed by atoms with Crippen molar-refractivity contribution in [1.82, 2.24) is 15.5 Å². The highest BCUT2D eigenvalue weighted by Gasteiger charge is 2.13. The Morgan fingerprint density at radius 3 is 2.45 bits per heavy atom. The number of nitrogens with zero attached hydrogens (tertiary/aromatic N) is 3. The van der Waals surface area contributed by atoms with Gasteiger partial charge < -0.3 is 14.8 Å². The number of hydrogen-bond acceptors (Lipinski definition) is 7. The van der Waals surface area contributed by atoms with Crippen molar-refractivity contribution in [1.29, 1.82) is 0 Å². The normalized spacial score (nSPS) is 10.4. The summed E-state index contributed by atoms with van der Waals surface area (Å²) in [5, 5.41) is 21.8. The predicted molar refractivity (Wildman–Crippen MR) is 114 cm³/mol. The maximum atomic E-state index is 12.2. The second-order valence-electron chi connectivity index (χ2n) is 6.58. The standard InChI is InChI=1S/C22H22N4O5/c1-3-30-18-7-4-16(5-8-18)19-9-11-21(25-24-19)31-13-12-23-22(27)17-6-10-20(26(28)29)15(2)14-17/h4-11,14H,3,12-13H2,1-2H3,(H,23,27). The quantitative estimate of drug-likeness (QED) is 0.318. The highest BCUT2D eigenvalue weighted by molar-refractivity contribution is 5.94. The van der Waals surface area contributed by atoms with E-state index < -0.39 is 4.92 Å². The van der Waals surface area contributed by atoms with Crippen LogP contribution in [0.4, 0.5) is 5.69 Å². The maximum absolute atomic E-state index is 12.2. The Labute approximate surface area is 179 Å². The topological polar surface area (TPSA) is 116 Å². The Morgan fingerprint density at radius 1 is 1.06 bits per heavy atom. The third kappa shape index (κ3) is 5.75. The molecule has 0 aliphatic heterocycles. The third-order valence-corrected chi connectivity index (χ3v) is 4.39. The molecule has 31 heavy (non-hydrogen) atoms. The summed E-state index contributed by atoms with van der Waals surface area (Å²) in [5.41, 5.74) is 2.37.